The third-order valence-corrected chi connectivity index (χ3v) is 2.46. The molecule has 1 heterocycles. The van der Waals surface area contributed by atoms with Crippen LogP contribution in [-0.4, -0.2) is 28.7 Å². The molecule has 0 spiro atoms. The van der Waals surface area contributed by atoms with Gasteiger partial charge in [-0.15, -0.1) is 0 Å². The molecule has 1 aromatic rings. The van der Waals surface area contributed by atoms with Gasteiger partial charge in [-0.25, -0.2) is 4.98 Å². The first-order valence-corrected chi connectivity index (χ1v) is 6.36. The Morgan fingerprint density at radius 2 is 2.06 bits per heavy atom. The molecule has 0 saturated heterocycles. The second-order valence-electron chi connectivity index (χ2n) is 4.38. The van der Waals surface area contributed by atoms with Crippen LogP contribution in [0.5, 0.6) is 5.88 Å². The Morgan fingerprint density at radius 3 is 2.65 bits per heavy atom. The van der Waals surface area contributed by atoms with Crippen molar-refractivity contribution < 1.29 is 4.74 Å². The first-order chi connectivity index (χ1) is 8.15. The Bertz CT molecular complexity index is 328. The zero-order valence-corrected chi connectivity index (χ0v) is 11.2. The third kappa shape index (κ3) is 5.13. The van der Waals surface area contributed by atoms with Gasteiger partial charge in [0.1, 0.15) is 0 Å². The van der Waals surface area contributed by atoms with Crippen LogP contribution in [0, 0.1) is 0 Å². The van der Waals surface area contributed by atoms with Crippen molar-refractivity contribution in [2.24, 2.45) is 0 Å². The lowest BCUT2D eigenvalue weighted by atomic mass is 10.1. The molecule has 0 aliphatic rings. The number of rotatable bonds is 7. The Balaban J connectivity index is 2.63. The largest absolute Gasteiger partial charge is 0.474 e. The topological polar surface area (TPSA) is 47.0 Å². The standard InChI is InChI=1S/C13H23N3O/c1-5-11(15-6-2)7-12-8-14-9-13(16-12)17-10(3)4/h8-11,15H,5-7H2,1-4H3. The fraction of sp³-hybridized carbons (Fsp3) is 0.692. The SMILES string of the molecule is CCNC(CC)Cc1cncc(OC(C)C)n1. The van der Waals surface area contributed by atoms with Gasteiger partial charge < -0.3 is 10.1 Å². The average molecular weight is 237 g/mol. The normalized spacial score (nSPS) is 12.8. The summed E-state index contributed by atoms with van der Waals surface area (Å²) < 4.78 is 5.54. The highest BCUT2D eigenvalue weighted by Crippen LogP contribution is 2.09. The van der Waals surface area contributed by atoms with Crippen LogP contribution in [-0.2, 0) is 6.42 Å². The number of likely N-dealkylation sites (N-methyl/N-ethyl adjacent to an activating group) is 1. The van der Waals surface area contributed by atoms with Gasteiger partial charge in [0.05, 0.1) is 18.0 Å². The predicted octanol–water partition coefficient (Wildman–Crippen LogP) is 2.19. The highest BCUT2D eigenvalue weighted by atomic mass is 16.5. The Kier molecular flexibility index (Phi) is 5.91. The Hall–Kier alpha value is -1.16. The Morgan fingerprint density at radius 1 is 1.29 bits per heavy atom. The molecule has 0 aliphatic carbocycles. The maximum absolute atomic E-state index is 5.54. The molecular formula is C13H23N3O. The summed E-state index contributed by atoms with van der Waals surface area (Å²) in [4.78, 5) is 8.63. The van der Waals surface area contributed by atoms with E-state index in [1.54, 1.807) is 6.20 Å². The van der Waals surface area contributed by atoms with Crippen molar-refractivity contribution in [2.45, 2.75) is 52.7 Å². The van der Waals surface area contributed by atoms with Gasteiger partial charge in [-0.1, -0.05) is 13.8 Å². The van der Waals surface area contributed by atoms with Crippen molar-refractivity contribution in [2.75, 3.05) is 6.54 Å². The molecule has 1 aromatic heterocycles. The van der Waals surface area contributed by atoms with E-state index in [1.165, 1.54) is 0 Å². The van der Waals surface area contributed by atoms with E-state index in [1.807, 2.05) is 20.0 Å². The Labute approximate surface area is 104 Å². The summed E-state index contributed by atoms with van der Waals surface area (Å²) in [6, 6.07) is 0.462. The van der Waals surface area contributed by atoms with E-state index in [4.69, 9.17) is 4.74 Å². The molecule has 0 radical (unpaired) electrons. The maximum atomic E-state index is 5.54. The van der Waals surface area contributed by atoms with Crippen molar-refractivity contribution >= 4 is 0 Å². The summed E-state index contributed by atoms with van der Waals surface area (Å²) in [6.45, 7) is 9.25. The minimum Gasteiger partial charge on any atom is -0.474 e. The summed E-state index contributed by atoms with van der Waals surface area (Å²) in [5, 5.41) is 3.43. The van der Waals surface area contributed by atoms with Gasteiger partial charge in [-0.3, -0.25) is 4.98 Å². The highest BCUT2D eigenvalue weighted by Gasteiger charge is 2.08. The quantitative estimate of drug-likeness (QED) is 0.789. The van der Waals surface area contributed by atoms with Gasteiger partial charge in [-0.2, -0.15) is 0 Å². The van der Waals surface area contributed by atoms with Gasteiger partial charge in [0, 0.05) is 18.7 Å². The molecule has 0 aromatic carbocycles. The maximum Gasteiger partial charge on any atom is 0.232 e. The number of hydrogen-bond donors (Lipinski definition) is 1. The van der Waals surface area contributed by atoms with E-state index in [0.717, 1.165) is 25.1 Å². The van der Waals surface area contributed by atoms with E-state index >= 15 is 0 Å². The lowest BCUT2D eigenvalue weighted by Crippen LogP contribution is -2.30. The van der Waals surface area contributed by atoms with Gasteiger partial charge in [0.25, 0.3) is 0 Å². The fourth-order valence-corrected chi connectivity index (χ4v) is 1.68. The molecule has 0 bridgehead atoms. The molecule has 0 fully saturated rings. The van der Waals surface area contributed by atoms with E-state index in [0.29, 0.717) is 11.9 Å². The van der Waals surface area contributed by atoms with Crippen LogP contribution in [0.15, 0.2) is 12.4 Å². The van der Waals surface area contributed by atoms with Crippen LogP contribution in [0.4, 0.5) is 0 Å². The van der Waals surface area contributed by atoms with Crippen LogP contribution in [0.1, 0.15) is 39.8 Å². The zero-order valence-electron chi connectivity index (χ0n) is 11.2. The first kappa shape index (κ1) is 13.9. The molecule has 96 valence electrons. The van der Waals surface area contributed by atoms with Crippen LogP contribution in [0.25, 0.3) is 0 Å². The minimum absolute atomic E-state index is 0.135. The summed E-state index contributed by atoms with van der Waals surface area (Å²) in [5.41, 5.74) is 0.982. The van der Waals surface area contributed by atoms with Gasteiger partial charge >= 0.3 is 0 Å². The van der Waals surface area contributed by atoms with Crippen molar-refractivity contribution in [1.82, 2.24) is 15.3 Å². The minimum atomic E-state index is 0.135. The van der Waals surface area contributed by atoms with Crippen molar-refractivity contribution in [3.8, 4) is 5.88 Å². The molecule has 0 saturated carbocycles. The smallest absolute Gasteiger partial charge is 0.232 e. The second kappa shape index (κ2) is 7.22. The molecule has 1 rings (SSSR count). The summed E-state index contributed by atoms with van der Waals surface area (Å²) in [5.74, 6) is 0.615. The first-order valence-electron chi connectivity index (χ1n) is 6.36. The van der Waals surface area contributed by atoms with Crippen LogP contribution >= 0.6 is 0 Å². The number of nitrogens with zero attached hydrogens (tertiary/aromatic N) is 2. The molecule has 17 heavy (non-hydrogen) atoms. The molecule has 4 nitrogen and oxygen atoms in total. The average Bonchev–Trinajstić information content (AvgIpc) is 2.28. The van der Waals surface area contributed by atoms with Crippen molar-refractivity contribution in [3.63, 3.8) is 0 Å². The van der Waals surface area contributed by atoms with Crippen LogP contribution in [0.2, 0.25) is 0 Å². The molecule has 0 amide bonds. The highest BCUT2D eigenvalue weighted by molar-refractivity contribution is 5.09. The van der Waals surface area contributed by atoms with Crippen LogP contribution in [0.3, 0.4) is 0 Å². The number of nitrogens with one attached hydrogen (secondary N) is 1. The summed E-state index contributed by atoms with van der Waals surface area (Å²) >= 11 is 0. The number of aromatic nitrogens is 2. The third-order valence-electron chi connectivity index (χ3n) is 2.46. The second-order valence-corrected chi connectivity index (χ2v) is 4.38. The van der Waals surface area contributed by atoms with Crippen LogP contribution < -0.4 is 10.1 Å². The summed E-state index contributed by atoms with van der Waals surface area (Å²) in [7, 11) is 0. The predicted molar refractivity (Wildman–Crippen MR) is 69.3 cm³/mol. The molecule has 1 N–H and O–H groups in total. The van der Waals surface area contributed by atoms with Gasteiger partial charge in [0.15, 0.2) is 0 Å². The van der Waals surface area contributed by atoms with E-state index in [9.17, 15) is 0 Å². The van der Waals surface area contributed by atoms with E-state index < -0.39 is 0 Å². The van der Waals surface area contributed by atoms with Gasteiger partial charge in [0.2, 0.25) is 5.88 Å². The molecular weight excluding hydrogens is 214 g/mol. The summed E-state index contributed by atoms with van der Waals surface area (Å²) in [6.07, 6.45) is 5.60. The van der Waals surface area contributed by atoms with Crippen molar-refractivity contribution in [3.05, 3.63) is 18.1 Å². The molecule has 1 unspecified atom stereocenters. The number of ether oxygens (including phenoxy) is 1. The van der Waals surface area contributed by atoms with Gasteiger partial charge in [-0.05, 0) is 26.8 Å². The van der Waals surface area contributed by atoms with E-state index in [-0.39, 0.29) is 6.10 Å². The molecule has 1 atom stereocenters. The molecule has 0 aliphatic heterocycles. The zero-order chi connectivity index (χ0) is 12.7. The number of hydrogen-bond acceptors (Lipinski definition) is 4. The van der Waals surface area contributed by atoms with Crippen molar-refractivity contribution in [1.29, 1.82) is 0 Å². The lowest BCUT2D eigenvalue weighted by molar-refractivity contribution is 0.230. The lowest BCUT2D eigenvalue weighted by Gasteiger charge is -2.15. The molecule has 4 heteroatoms. The van der Waals surface area contributed by atoms with E-state index in [2.05, 4.69) is 29.1 Å². The fourth-order valence-electron chi connectivity index (χ4n) is 1.68. The monoisotopic (exact) mass is 237 g/mol.